The molecular weight excluding hydrogens is 561 g/mol. The van der Waals surface area contributed by atoms with Gasteiger partial charge in [0.2, 0.25) is 0 Å². The Bertz CT molecular complexity index is 1470. The first-order valence-corrected chi connectivity index (χ1v) is 13.2. The standard InChI is InChI=1S/C27H21Cl2N5O4S/c28-20-13-31-14-21(29)24(20)26(36)33-19-5-3-16(4-6-19)10-22(27(37)38)34-25(35)18-7-9-32-23(11-18)39-15-17-2-1-8-30-12-17/h1-9,11-14,22H,10,15H2,(H,33,36)(H,34,35)(H,37,38). The van der Waals surface area contributed by atoms with Crippen LogP contribution in [0.1, 0.15) is 31.8 Å². The van der Waals surface area contributed by atoms with Crippen LogP contribution in [0.15, 0.2) is 84.5 Å². The second kappa shape index (κ2) is 13.2. The number of carboxylic acid groups (broad SMARTS) is 1. The van der Waals surface area contributed by atoms with Gasteiger partial charge < -0.3 is 15.7 Å². The summed E-state index contributed by atoms with van der Waals surface area (Å²) < 4.78 is 0. The SMILES string of the molecule is O=C(NC(Cc1ccc(NC(=O)c2c(Cl)cncc2Cl)cc1)C(=O)O)c1ccnc(SCc2cccnc2)c1. The Balaban J connectivity index is 1.37. The van der Waals surface area contributed by atoms with Crippen LogP contribution in [0.5, 0.6) is 0 Å². The van der Waals surface area contributed by atoms with E-state index in [1.165, 1.54) is 36.4 Å². The topological polar surface area (TPSA) is 134 Å². The van der Waals surface area contributed by atoms with E-state index in [4.69, 9.17) is 23.2 Å². The number of thioether (sulfide) groups is 1. The van der Waals surface area contributed by atoms with Crippen LogP contribution < -0.4 is 10.6 Å². The summed E-state index contributed by atoms with van der Waals surface area (Å²) in [5.74, 6) is -1.58. The Morgan fingerprint density at radius 1 is 0.897 bits per heavy atom. The summed E-state index contributed by atoms with van der Waals surface area (Å²) in [5, 5.41) is 15.8. The summed E-state index contributed by atoms with van der Waals surface area (Å²) in [5.41, 5.74) is 2.51. The first kappa shape index (κ1) is 28.0. The van der Waals surface area contributed by atoms with Gasteiger partial charge in [0.25, 0.3) is 11.8 Å². The van der Waals surface area contributed by atoms with Crippen molar-refractivity contribution in [2.75, 3.05) is 5.32 Å². The maximum atomic E-state index is 12.8. The summed E-state index contributed by atoms with van der Waals surface area (Å²) >= 11 is 13.5. The molecule has 1 atom stereocenters. The van der Waals surface area contributed by atoms with Crippen molar-refractivity contribution in [2.45, 2.75) is 23.2 Å². The van der Waals surface area contributed by atoms with E-state index < -0.39 is 23.8 Å². The maximum Gasteiger partial charge on any atom is 0.326 e. The molecule has 0 fully saturated rings. The number of hydrogen-bond acceptors (Lipinski definition) is 7. The van der Waals surface area contributed by atoms with Crippen molar-refractivity contribution in [1.29, 1.82) is 0 Å². The van der Waals surface area contributed by atoms with Crippen LogP contribution in [0.4, 0.5) is 5.69 Å². The predicted molar refractivity (Wildman–Crippen MR) is 149 cm³/mol. The Kier molecular flexibility index (Phi) is 9.48. The van der Waals surface area contributed by atoms with Crippen LogP contribution in [0.2, 0.25) is 10.0 Å². The Morgan fingerprint density at radius 3 is 2.31 bits per heavy atom. The van der Waals surface area contributed by atoms with E-state index in [0.29, 0.717) is 27.6 Å². The monoisotopic (exact) mass is 581 g/mol. The summed E-state index contributed by atoms with van der Waals surface area (Å²) in [7, 11) is 0. The minimum absolute atomic E-state index is 0.0327. The fraction of sp³-hybridized carbons (Fsp3) is 0.111. The van der Waals surface area contributed by atoms with Crippen molar-refractivity contribution >= 4 is 58.4 Å². The highest BCUT2D eigenvalue weighted by atomic mass is 35.5. The third-order valence-electron chi connectivity index (χ3n) is 5.44. The van der Waals surface area contributed by atoms with Gasteiger partial charge in [0, 0.05) is 54.4 Å². The van der Waals surface area contributed by atoms with Crippen molar-refractivity contribution in [1.82, 2.24) is 20.3 Å². The first-order valence-electron chi connectivity index (χ1n) is 11.5. The molecule has 3 N–H and O–H groups in total. The third-order valence-corrected chi connectivity index (χ3v) is 7.01. The second-order valence-electron chi connectivity index (χ2n) is 8.23. The van der Waals surface area contributed by atoms with Crippen LogP contribution in [0.3, 0.4) is 0 Å². The summed E-state index contributed by atoms with van der Waals surface area (Å²) in [4.78, 5) is 49.5. The molecule has 0 aliphatic carbocycles. The number of carboxylic acids is 1. The van der Waals surface area contributed by atoms with Gasteiger partial charge >= 0.3 is 5.97 Å². The van der Waals surface area contributed by atoms with Crippen LogP contribution in [0, 0.1) is 0 Å². The van der Waals surface area contributed by atoms with Crippen LogP contribution in [0.25, 0.3) is 0 Å². The van der Waals surface area contributed by atoms with E-state index in [9.17, 15) is 19.5 Å². The number of benzene rings is 1. The van der Waals surface area contributed by atoms with E-state index in [2.05, 4.69) is 25.6 Å². The largest absolute Gasteiger partial charge is 0.480 e. The molecule has 1 unspecified atom stereocenters. The highest BCUT2D eigenvalue weighted by Crippen LogP contribution is 2.24. The van der Waals surface area contributed by atoms with Crippen LogP contribution in [-0.2, 0) is 17.0 Å². The van der Waals surface area contributed by atoms with Gasteiger partial charge in [-0.1, -0.05) is 41.4 Å². The predicted octanol–water partition coefficient (Wildman–Crippen LogP) is 5.15. The summed E-state index contributed by atoms with van der Waals surface area (Å²) in [6.07, 6.45) is 7.63. The number of aliphatic carboxylic acids is 1. The molecule has 3 aromatic heterocycles. The van der Waals surface area contributed by atoms with Gasteiger partial charge in [-0.05, 0) is 41.5 Å². The molecule has 0 bridgehead atoms. The number of rotatable bonds is 10. The lowest BCUT2D eigenvalue weighted by Crippen LogP contribution is -2.42. The van der Waals surface area contributed by atoms with E-state index in [-0.39, 0.29) is 22.0 Å². The number of hydrogen-bond donors (Lipinski definition) is 3. The van der Waals surface area contributed by atoms with E-state index in [0.717, 1.165) is 5.56 Å². The molecule has 4 rings (SSSR count). The Morgan fingerprint density at radius 2 is 1.64 bits per heavy atom. The molecule has 39 heavy (non-hydrogen) atoms. The Labute approximate surface area is 238 Å². The zero-order valence-electron chi connectivity index (χ0n) is 20.2. The van der Waals surface area contributed by atoms with Gasteiger partial charge in [-0.3, -0.25) is 19.6 Å². The third kappa shape index (κ3) is 7.76. The minimum atomic E-state index is -1.18. The summed E-state index contributed by atoms with van der Waals surface area (Å²) in [6, 6.07) is 12.3. The molecule has 0 aliphatic heterocycles. The average Bonchev–Trinajstić information content (AvgIpc) is 2.93. The number of carbonyl (C=O) groups is 3. The normalized spacial score (nSPS) is 11.4. The zero-order chi connectivity index (χ0) is 27.8. The van der Waals surface area contributed by atoms with Crippen molar-refractivity contribution in [2.24, 2.45) is 0 Å². The lowest BCUT2D eigenvalue weighted by molar-refractivity contribution is -0.139. The van der Waals surface area contributed by atoms with E-state index >= 15 is 0 Å². The van der Waals surface area contributed by atoms with Crippen molar-refractivity contribution in [3.05, 3.63) is 112 Å². The lowest BCUT2D eigenvalue weighted by Gasteiger charge is -2.15. The first-order chi connectivity index (χ1) is 18.8. The number of nitrogens with zero attached hydrogens (tertiary/aromatic N) is 3. The molecular formula is C27H21Cl2N5O4S. The molecule has 0 aliphatic rings. The van der Waals surface area contributed by atoms with Gasteiger partial charge in [0.1, 0.15) is 6.04 Å². The number of pyridine rings is 3. The highest BCUT2D eigenvalue weighted by molar-refractivity contribution is 7.98. The zero-order valence-corrected chi connectivity index (χ0v) is 22.5. The molecule has 1 aromatic carbocycles. The second-order valence-corrected chi connectivity index (χ2v) is 10.0. The van der Waals surface area contributed by atoms with Gasteiger partial charge in [0.15, 0.2) is 0 Å². The van der Waals surface area contributed by atoms with Gasteiger partial charge in [-0.15, -0.1) is 11.8 Å². The molecule has 0 saturated heterocycles. The van der Waals surface area contributed by atoms with E-state index in [1.807, 2.05) is 12.1 Å². The molecule has 198 valence electrons. The van der Waals surface area contributed by atoms with Crippen LogP contribution in [-0.4, -0.2) is 43.9 Å². The van der Waals surface area contributed by atoms with Gasteiger partial charge in [-0.2, -0.15) is 0 Å². The smallest absolute Gasteiger partial charge is 0.326 e. The molecule has 0 saturated carbocycles. The molecule has 2 amide bonds. The number of nitrogens with one attached hydrogen (secondary N) is 2. The van der Waals surface area contributed by atoms with Gasteiger partial charge in [-0.25, -0.2) is 9.78 Å². The molecule has 12 heteroatoms. The summed E-state index contributed by atoms with van der Waals surface area (Å²) in [6.45, 7) is 0. The van der Waals surface area contributed by atoms with Crippen molar-refractivity contribution in [3.63, 3.8) is 0 Å². The molecule has 4 aromatic rings. The van der Waals surface area contributed by atoms with Crippen molar-refractivity contribution in [3.8, 4) is 0 Å². The maximum absolute atomic E-state index is 12.8. The lowest BCUT2D eigenvalue weighted by atomic mass is 10.0. The number of carbonyl (C=O) groups excluding carboxylic acids is 2. The highest BCUT2D eigenvalue weighted by Gasteiger charge is 2.22. The number of halogens is 2. The van der Waals surface area contributed by atoms with Crippen molar-refractivity contribution < 1.29 is 19.5 Å². The fourth-order valence-electron chi connectivity index (χ4n) is 3.49. The fourth-order valence-corrected chi connectivity index (χ4v) is 4.86. The number of aromatic nitrogens is 3. The van der Waals surface area contributed by atoms with Gasteiger partial charge in [0.05, 0.1) is 20.6 Å². The molecule has 0 radical (unpaired) electrons. The Hall–Kier alpha value is -3.99. The number of anilines is 1. The van der Waals surface area contributed by atoms with E-state index in [1.54, 1.807) is 42.7 Å². The quantitative estimate of drug-likeness (QED) is 0.219. The average molecular weight is 582 g/mol. The van der Waals surface area contributed by atoms with Crippen LogP contribution >= 0.6 is 35.0 Å². The molecule has 3 heterocycles. The number of amides is 2. The minimum Gasteiger partial charge on any atom is -0.480 e. The molecule has 0 spiro atoms. The molecule has 9 nitrogen and oxygen atoms in total.